The lowest BCUT2D eigenvalue weighted by Crippen LogP contribution is -2.50. The normalized spacial score (nSPS) is 19.9. The van der Waals surface area contributed by atoms with Crippen LogP contribution in [0.25, 0.3) is 0 Å². The summed E-state index contributed by atoms with van der Waals surface area (Å²) in [5.41, 5.74) is 0.947. The SMILES string of the molecule is COc1ccc2c(c1)OCC(NC(=O)C1(S(=O)(=O)c3ccc(Cl)cc3)CC1)C2. The first-order valence-electron chi connectivity index (χ1n) is 8.97. The van der Waals surface area contributed by atoms with Gasteiger partial charge in [-0.2, -0.15) is 0 Å². The van der Waals surface area contributed by atoms with E-state index < -0.39 is 20.5 Å². The number of carbonyl (C=O) groups excluding carboxylic acids is 1. The minimum Gasteiger partial charge on any atom is -0.497 e. The highest BCUT2D eigenvalue weighted by atomic mass is 35.5. The zero-order chi connectivity index (χ0) is 19.9. The number of methoxy groups -OCH3 is 1. The lowest BCUT2D eigenvalue weighted by Gasteiger charge is -2.28. The Morgan fingerprint density at radius 3 is 2.57 bits per heavy atom. The largest absolute Gasteiger partial charge is 0.497 e. The van der Waals surface area contributed by atoms with Crippen LogP contribution in [0.15, 0.2) is 47.4 Å². The maximum atomic E-state index is 13.0. The van der Waals surface area contributed by atoms with E-state index >= 15 is 0 Å². The van der Waals surface area contributed by atoms with E-state index in [0.29, 0.717) is 30.0 Å². The molecule has 1 aliphatic heterocycles. The number of amides is 1. The molecule has 1 atom stereocenters. The van der Waals surface area contributed by atoms with Crippen LogP contribution < -0.4 is 14.8 Å². The maximum Gasteiger partial charge on any atom is 0.242 e. The smallest absolute Gasteiger partial charge is 0.242 e. The third kappa shape index (κ3) is 3.22. The van der Waals surface area contributed by atoms with Gasteiger partial charge in [0.1, 0.15) is 18.1 Å². The van der Waals surface area contributed by atoms with Gasteiger partial charge in [-0.1, -0.05) is 17.7 Å². The van der Waals surface area contributed by atoms with Gasteiger partial charge >= 0.3 is 0 Å². The van der Waals surface area contributed by atoms with Crippen LogP contribution in [0.4, 0.5) is 0 Å². The van der Waals surface area contributed by atoms with Gasteiger partial charge in [-0.3, -0.25) is 4.79 Å². The van der Waals surface area contributed by atoms with Crippen LogP contribution in [0.5, 0.6) is 11.5 Å². The summed E-state index contributed by atoms with van der Waals surface area (Å²) in [6, 6.07) is 11.2. The Morgan fingerprint density at radius 1 is 1.21 bits per heavy atom. The van der Waals surface area contributed by atoms with Crippen LogP contribution in [0.3, 0.4) is 0 Å². The zero-order valence-corrected chi connectivity index (χ0v) is 16.8. The summed E-state index contributed by atoms with van der Waals surface area (Å²) >= 11 is 5.85. The molecular weight excluding hydrogens is 402 g/mol. The molecule has 1 N–H and O–H groups in total. The fraction of sp³-hybridized carbons (Fsp3) is 0.350. The molecule has 1 amide bonds. The Hall–Kier alpha value is -2.25. The van der Waals surface area contributed by atoms with E-state index in [4.69, 9.17) is 21.1 Å². The molecular formula is C20H20ClNO5S. The Morgan fingerprint density at radius 2 is 1.93 bits per heavy atom. The molecule has 28 heavy (non-hydrogen) atoms. The van der Waals surface area contributed by atoms with Gasteiger partial charge < -0.3 is 14.8 Å². The average molecular weight is 422 g/mol. The summed E-state index contributed by atoms with van der Waals surface area (Å²) in [6.07, 6.45) is 1.19. The second kappa shape index (κ2) is 6.97. The Labute approximate surface area is 168 Å². The van der Waals surface area contributed by atoms with Crippen molar-refractivity contribution in [2.24, 2.45) is 0 Å². The molecule has 1 saturated carbocycles. The van der Waals surface area contributed by atoms with Crippen LogP contribution in [0.2, 0.25) is 5.02 Å². The van der Waals surface area contributed by atoms with Gasteiger partial charge in [0.05, 0.1) is 18.0 Å². The summed E-state index contributed by atoms with van der Waals surface area (Å²) in [4.78, 5) is 13.0. The summed E-state index contributed by atoms with van der Waals surface area (Å²) < 4.78 is 35.6. The summed E-state index contributed by atoms with van der Waals surface area (Å²) in [5, 5.41) is 3.33. The van der Waals surface area contributed by atoms with Crippen molar-refractivity contribution in [3.05, 3.63) is 53.1 Å². The number of ether oxygens (including phenoxy) is 2. The molecule has 2 aromatic rings. The predicted molar refractivity (Wildman–Crippen MR) is 105 cm³/mol. The lowest BCUT2D eigenvalue weighted by atomic mass is 10.0. The van der Waals surface area contributed by atoms with E-state index in [0.717, 1.165) is 11.3 Å². The predicted octanol–water partition coefficient (Wildman–Crippen LogP) is 2.77. The van der Waals surface area contributed by atoms with Crippen LogP contribution in [0, 0.1) is 0 Å². The van der Waals surface area contributed by atoms with Gasteiger partial charge in [0, 0.05) is 11.1 Å². The molecule has 0 spiro atoms. The minimum atomic E-state index is -3.79. The molecule has 1 fully saturated rings. The summed E-state index contributed by atoms with van der Waals surface area (Å²) in [7, 11) is -2.20. The number of hydrogen-bond acceptors (Lipinski definition) is 5. The number of rotatable bonds is 5. The fourth-order valence-corrected chi connectivity index (χ4v) is 5.47. The second-order valence-electron chi connectivity index (χ2n) is 7.11. The third-order valence-electron chi connectivity index (χ3n) is 5.27. The summed E-state index contributed by atoms with van der Waals surface area (Å²) in [6.45, 7) is 0.281. The lowest BCUT2D eigenvalue weighted by molar-refractivity contribution is -0.122. The average Bonchev–Trinajstić information content (AvgIpc) is 3.50. The second-order valence-corrected chi connectivity index (χ2v) is 9.81. The molecule has 0 bridgehead atoms. The first-order valence-corrected chi connectivity index (χ1v) is 10.8. The molecule has 2 aromatic carbocycles. The van der Waals surface area contributed by atoms with Crippen LogP contribution in [-0.4, -0.2) is 38.8 Å². The first kappa shape index (κ1) is 19.1. The van der Waals surface area contributed by atoms with Crippen molar-refractivity contribution in [1.29, 1.82) is 0 Å². The van der Waals surface area contributed by atoms with E-state index in [1.54, 1.807) is 13.2 Å². The molecule has 2 aliphatic rings. The molecule has 8 heteroatoms. The van der Waals surface area contributed by atoms with E-state index in [1.165, 1.54) is 24.3 Å². The van der Waals surface area contributed by atoms with Gasteiger partial charge in [0.2, 0.25) is 5.91 Å². The molecule has 1 unspecified atom stereocenters. The molecule has 0 saturated heterocycles. The Balaban J connectivity index is 1.50. The van der Waals surface area contributed by atoms with Crippen molar-refractivity contribution in [3.8, 4) is 11.5 Å². The number of carbonyl (C=O) groups is 1. The highest BCUT2D eigenvalue weighted by Crippen LogP contribution is 2.47. The summed E-state index contributed by atoms with van der Waals surface area (Å²) in [5.74, 6) is 0.958. The van der Waals surface area contributed by atoms with Crippen LogP contribution in [-0.2, 0) is 21.1 Å². The Bertz CT molecular complexity index is 1020. The number of fused-ring (bicyclic) bond motifs is 1. The van der Waals surface area contributed by atoms with Gasteiger partial charge in [-0.25, -0.2) is 8.42 Å². The Kier molecular flexibility index (Phi) is 4.75. The molecule has 1 aliphatic carbocycles. The molecule has 6 nitrogen and oxygen atoms in total. The zero-order valence-electron chi connectivity index (χ0n) is 15.3. The molecule has 1 heterocycles. The number of hydrogen-bond donors (Lipinski definition) is 1. The number of halogens is 1. The molecule has 0 radical (unpaired) electrons. The fourth-order valence-electron chi connectivity index (χ4n) is 3.46. The van der Waals surface area contributed by atoms with Crippen molar-refractivity contribution in [2.75, 3.05) is 13.7 Å². The van der Waals surface area contributed by atoms with Crippen molar-refractivity contribution in [3.63, 3.8) is 0 Å². The van der Waals surface area contributed by atoms with Gasteiger partial charge in [0.25, 0.3) is 0 Å². The van der Waals surface area contributed by atoms with Gasteiger partial charge in [0.15, 0.2) is 14.6 Å². The highest BCUT2D eigenvalue weighted by Gasteiger charge is 2.61. The molecule has 148 valence electrons. The van der Waals surface area contributed by atoms with Gasteiger partial charge in [-0.05, 0) is 55.2 Å². The molecule has 0 aromatic heterocycles. The quantitative estimate of drug-likeness (QED) is 0.802. The number of sulfone groups is 1. The topological polar surface area (TPSA) is 81.7 Å². The van der Waals surface area contributed by atoms with Crippen molar-refractivity contribution >= 4 is 27.3 Å². The van der Waals surface area contributed by atoms with Crippen LogP contribution in [0.1, 0.15) is 18.4 Å². The highest BCUT2D eigenvalue weighted by molar-refractivity contribution is 7.94. The monoisotopic (exact) mass is 421 g/mol. The van der Waals surface area contributed by atoms with Crippen molar-refractivity contribution in [2.45, 2.75) is 34.9 Å². The number of nitrogens with one attached hydrogen (secondary N) is 1. The van der Waals surface area contributed by atoms with E-state index in [-0.39, 0.29) is 17.5 Å². The van der Waals surface area contributed by atoms with E-state index in [1.807, 2.05) is 12.1 Å². The van der Waals surface area contributed by atoms with E-state index in [9.17, 15) is 13.2 Å². The van der Waals surface area contributed by atoms with Crippen molar-refractivity contribution < 1.29 is 22.7 Å². The maximum absolute atomic E-state index is 13.0. The minimum absolute atomic E-state index is 0.113. The van der Waals surface area contributed by atoms with Crippen molar-refractivity contribution in [1.82, 2.24) is 5.32 Å². The third-order valence-corrected chi connectivity index (χ3v) is 8.04. The van der Waals surface area contributed by atoms with Crippen LogP contribution >= 0.6 is 11.6 Å². The standard InChI is InChI=1S/C20H20ClNO5S/c1-26-16-5-2-13-10-15(12-27-18(13)11-16)22-19(23)20(8-9-20)28(24,25)17-6-3-14(21)4-7-17/h2-7,11,15H,8-10,12H2,1H3,(H,22,23). The van der Waals surface area contributed by atoms with E-state index in [2.05, 4.69) is 5.32 Å². The van der Waals surface area contributed by atoms with Gasteiger partial charge in [-0.15, -0.1) is 0 Å². The number of benzene rings is 2. The first-order chi connectivity index (χ1) is 13.4. The molecule has 4 rings (SSSR count).